The van der Waals surface area contributed by atoms with Crippen LogP contribution in [-0.4, -0.2) is 25.0 Å². The van der Waals surface area contributed by atoms with Gasteiger partial charge in [-0.15, -0.1) is 0 Å². The Morgan fingerprint density at radius 3 is 2.38 bits per heavy atom. The Hall–Kier alpha value is -2.45. The van der Waals surface area contributed by atoms with Crippen LogP contribution in [0, 0.1) is 5.82 Å². The van der Waals surface area contributed by atoms with Gasteiger partial charge in [-0.3, -0.25) is 0 Å². The van der Waals surface area contributed by atoms with Gasteiger partial charge >= 0.3 is 0 Å². The van der Waals surface area contributed by atoms with Gasteiger partial charge in [-0.1, -0.05) is 60.7 Å². The number of nitrogens with zero attached hydrogens (tertiary/aromatic N) is 1. The zero-order chi connectivity index (χ0) is 18.1. The second-order valence-corrected chi connectivity index (χ2v) is 7.44. The Balaban J connectivity index is 1.74. The SMILES string of the molecule is CN(C)C1Cc2ccccc2C(c2cccc(-c3ccc(F)cc3)c2)C1. The van der Waals surface area contributed by atoms with Gasteiger partial charge in [0, 0.05) is 12.0 Å². The lowest BCUT2D eigenvalue weighted by atomic mass is 9.76. The van der Waals surface area contributed by atoms with E-state index in [4.69, 9.17) is 0 Å². The summed E-state index contributed by atoms with van der Waals surface area (Å²) >= 11 is 0. The summed E-state index contributed by atoms with van der Waals surface area (Å²) in [5.41, 5.74) is 6.44. The first kappa shape index (κ1) is 17.0. The molecule has 26 heavy (non-hydrogen) atoms. The summed E-state index contributed by atoms with van der Waals surface area (Å²) in [6.45, 7) is 0. The molecule has 2 heteroatoms. The van der Waals surface area contributed by atoms with Crippen LogP contribution in [0.1, 0.15) is 29.0 Å². The lowest BCUT2D eigenvalue weighted by Crippen LogP contribution is -2.35. The summed E-state index contributed by atoms with van der Waals surface area (Å²) in [4.78, 5) is 2.34. The third-order valence-corrected chi connectivity index (χ3v) is 5.59. The van der Waals surface area contributed by atoms with E-state index in [-0.39, 0.29) is 5.82 Å². The number of benzene rings is 3. The molecule has 2 unspecified atom stereocenters. The molecule has 2 atom stereocenters. The molecule has 0 radical (unpaired) electrons. The molecular formula is C24H24FN. The summed E-state index contributed by atoms with van der Waals surface area (Å²) in [7, 11) is 4.34. The maximum atomic E-state index is 13.3. The molecule has 0 bridgehead atoms. The van der Waals surface area contributed by atoms with Gasteiger partial charge in [0.25, 0.3) is 0 Å². The molecule has 132 valence electrons. The standard InChI is InChI=1S/C24H24FN/c1-26(2)22-15-20-6-3-4-9-23(20)24(16-22)19-8-5-7-18(14-19)17-10-12-21(25)13-11-17/h3-14,22,24H,15-16H2,1-2H3. The van der Waals surface area contributed by atoms with Crippen LogP contribution in [0.3, 0.4) is 0 Å². The van der Waals surface area contributed by atoms with Crippen molar-refractivity contribution in [1.29, 1.82) is 0 Å². The van der Waals surface area contributed by atoms with Gasteiger partial charge in [0.1, 0.15) is 5.82 Å². The molecule has 3 aromatic rings. The van der Waals surface area contributed by atoms with Gasteiger partial charge in [0.15, 0.2) is 0 Å². The van der Waals surface area contributed by atoms with Gasteiger partial charge in [-0.25, -0.2) is 4.39 Å². The normalized spacial score (nSPS) is 19.4. The minimum absolute atomic E-state index is 0.195. The van der Waals surface area contributed by atoms with E-state index in [1.807, 2.05) is 12.1 Å². The van der Waals surface area contributed by atoms with Crippen molar-refractivity contribution in [2.75, 3.05) is 14.1 Å². The summed E-state index contributed by atoms with van der Waals surface area (Å²) in [6, 6.07) is 24.9. The fourth-order valence-corrected chi connectivity index (χ4v) is 4.08. The molecule has 0 N–H and O–H groups in total. The van der Waals surface area contributed by atoms with Gasteiger partial charge in [0.2, 0.25) is 0 Å². The van der Waals surface area contributed by atoms with Crippen molar-refractivity contribution in [2.45, 2.75) is 24.8 Å². The third-order valence-electron chi connectivity index (χ3n) is 5.59. The van der Waals surface area contributed by atoms with Crippen LogP contribution in [-0.2, 0) is 6.42 Å². The summed E-state index contributed by atoms with van der Waals surface area (Å²) in [5.74, 6) is 0.202. The number of hydrogen-bond donors (Lipinski definition) is 0. The number of halogens is 1. The summed E-state index contributed by atoms with van der Waals surface area (Å²) < 4.78 is 13.3. The predicted octanol–water partition coefficient (Wildman–Crippen LogP) is 5.50. The molecule has 0 saturated carbocycles. The van der Waals surface area contributed by atoms with Crippen molar-refractivity contribution in [2.24, 2.45) is 0 Å². The lowest BCUT2D eigenvalue weighted by Gasteiger charge is -2.35. The van der Waals surface area contributed by atoms with Gasteiger partial charge in [-0.2, -0.15) is 0 Å². The second-order valence-electron chi connectivity index (χ2n) is 7.44. The lowest BCUT2D eigenvalue weighted by molar-refractivity contribution is 0.258. The van der Waals surface area contributed by atoms with E-state index in [9.17, 15) is 4.39 Å². The number of rotatable bonds is 3. The van der Waals surface area contributed by atoms with E-state index in [1.165, 1.54) is 28.8 Å². The average molecular weight is 345 g/mol. The first-order chi connectivity index (χ1) is 12.6. The molecular weight excluding hydrogens is 321 g/mol. The van der Waals surface area contributed by atoms with Crippen LogP contribution in [0.5, 0.6) is 0 Å². The van der Waals surface area contributed by atoms with Crippen molar-refractivity contribution >= 4 is 0 Å². The van der Waals surface area contributed by atoms with E-state index >= 15 is 0 Å². The summed E-state index contributed by atoms with van der Waals surface area (Å²) in [5, 5.41) is 0. The van der Waals surface area contributed by atoms with Crippen molar-refractivity contribution in [3.63, 3.8) is 0 Å². The van der Waals surface area contributed by atoms with Gasteiger partial charge in [0.05, 0.1) is 0 Å². The van der Waals surface area contributed by atoms with Crippen molar-refractivity contribution < 1.29 is 4.39 Å². The van der Waals surface area contributed by atoms with Crippen LogP contribution < -0.4 is 0 Å². The first-order valence-corrected chi connectivity index (χ1v) is 9.22. The second kappa shape index (κ2) is 7.05. The Labute approximate surface area is 155 Å². The van der Waals surface area contributed by atoms with Gasteiger partial charge < -0.3 is 4.90 Å². The molecule has 3 aromatic carbocycles. The summed E-state index contributed by atoms with van der Waals surface area (Å²) in [6.07, 6.45) is 2.23. The molecule has 0 saturated heterocycles. The first-order valence-electron chi connectivity index (χ1n) is 9.22. The molecule has 1 aliphatic rings. The number of fused-ring (bicyclic) bond motifs is 1. The van der Waals surface area contributed by atoms with E-state index < -0.39 is 0 Å². The molecule has 0 amide bonds. The Bertz CT molecular complexity index is 898. The van der Waals surface area contributed by atoms with Crippen LogP contribution in [0.15, 0.2) is 72.8 Å². The minimum Gasteiger partial charge on any atom is -0.306 e. The Morgan fingerprint density at radius 1 is 0.846 bits per heavy atom. The molecule has 1 aliphatic carbocycles. The fraction of sp³-hybridized carbons (Fsp3) is 0.250. The average Bonchev–Trinajstić information content (AvgIpc) is 2.67. The Kier molecular flexibility index (Phi) is 4.60. The minimum atomic E-state index is -0.195. The number of likely N-dealkylation sites (N-methyl/N-ethyl adjacent to an activating group) is 1. The van der Waals surface area contributed by atoms with Crippen LogP contribution in [0.25, 0.3) is 11.1 Å². The molecule has 0 heterocycles. The van der Waals surface area contributed by atoms with E-state index in [2.05, 4.69) is 67.5 Å². The van der Waals surface area contributed by atoms with E-state index in [0.29, 0.717) is 12.0 Å². The maximum absolute atomic E-state index is 13.3. The zero-order valence-corrected chi connectivity index (χ0v) is 15.3. The molecule has 0 spiro atoms. The maximum Gasteiger partial charge on any atom is 0.123 e. The van der Waals surface area contributed by atoms with Crippen molar-refractivity contribution in [3.05, 3.63) is 95.3 Å². The Morgan fingerprint density at radius 2 is 1.62 bits per heavy atom. The van der Waals surface area contributed by atoms with Crippen LogP contribution >= 0.6 is 0 Å². The smallest absolute Gasteiger partial charge is 0.123 e. The van der Waals surface area contributed by atoms with E-state index in [0.717, 1.165) is 24.0 Å². The molecule has 0 aromatic heterocycles. The number of hydrogen-bond acceptors (Lipinski definition) is 1. The fourth-order valence-electron chi connectivity index (χ4n) is 4.08. The van der Waals surface area contributed by atoms with Gasteiger partial charge in [-0.05, 0) is 66.9 Å². The van der Waals surface area contributed by atoms with Crippen molar-refractivity contribution in [3.8, 4) is 11.1 Å². The predicted molar refractivity (Wildman–Crippen MR) is 106 cm³/mol. The molecule has 1 nitrogen and oxygen atoms in total. The highest BCUT2D eigenvalue weighted by atomic mass is 19.1. The molecule has 0 aliphatic heterocycles. The highest BCUT2D eigenvalue weighted by molar-refractivity contribution is 5.64. The third kappa shape index (κ3) is 3.30. The van der Waals surface area contributed by atoms with E-state index in [1.54, 1.807) is 0 Å². The highest BCUT2D eigenvalue weighted by Crippen LogP contribution is 2.39. The topological polar surface area (TPSA) is 3.24 Å². The zero-order valence-electron chi connectivity index (χ0n) is 15.3. The molecule has 4 rings (SSSR count). The quantitative estimate of drug-likeness (QED) is 0.606. The molecule has 0 fully saturated rings. The highest BCUT2D eigenvalue weighted by Gasteiger charge is 2.29. The van der Waals surface area contributed by atoms with Crippen LogP contribution in [0.2, 0.25) is 0 Å². The largest absolute Gasteiger partial charge is 0.306 e. The van der Waals surface area contributed by atoms with Crippen LogP contribution in [0.4, 0.5) is 4.39 Å². The van der Waals surface area contributed by atoms with Crippen molar-refractivity contribution in [1.82, 2.24) is 4.90 Å². The monoisotopic (exact) mass is 345 g/mol.